The quantitative estimate of drug-likeness (QED) is 0.525. The van der Waals surface area contributed by atoms with Gasteiger partial charge in [-0.05, 0) is 25.9 Å². The first-order valence-corrected chi connectivity index (χ1v) is 4.65. The molecule has 74 valence electrons. The summed E-state index contributed by atoms with van der Waals surface area (Å²) in [6, 6.07) is 0. The summed E-state index contributed by atoms with van der Waals surface area (Å²) < 4.78 is 5.04. The summed E-state index contributed by atoms with van der Waals surface area (Å²) in [5, 5.41) is 6.45. The van der Waals surface area contributed by atoms with Crippen molar-refractivity contribution < 1.29 is 4.74 Å². The van der Waals surface area contributed by atoms with Gasteiger partial charge in [0.05, 0.1) is 0 Å². The van der Waals surface area contributed by atoms with Crippen LogP contribution in [0.25, 0.3) is 0 Å². The van der Waals surface area contributed by atoms with Crippen molar-refractivity contribution in [2.45, 2.75) is 13.3 Å². The van der Waals surface area contributed by atoms with E-state index in [2.05, 4.69) is 17.6 Å². The Hall–Kier alpha value is -0.120. The lowest BCUT2D eigenvalue weighted by Crippen LogP contribution is -2.26. The van der Waals surface area contributed by atoms with Crippen LogP contribution in [-0.4, -0.2) is 40.4 Å². The first kappa shape index (κ1) is 11.9. The summed E-state index contributed by atoms with van der Waals surface area (Å²) in [4.78, 5) is 0. The molecule has 0 heterocycles. The molecule has 0 aliphatic carbocycles. The van der Waals surface area contributed by atoms with E-state index in [0.717, 1.165) is 26.2 Å². The molecule has 0 rings (SSSR count). The first-order chi connectivity index (χ1) is 5.81. The van der Waals surface area contributed by atoms with E-state index in [-0.39, 0.29) is 0 Å². The maximum absolute atomic E-state index is 5.04. The minimum absolute atomic E-state index is 0.664. The van der Waals surface area contributed by atoms with E-state index in [1.165, 1.54) is 6.42 Å². The summed E-state index contributed by atoms with van der Waals surface area (Å²) in [6.45, 7) is 6.26. The van der Waals surface area contributed by atoms with E-state index in [4.69, 9.17) is 4.74 Å². The van der Waals surface area contributed by atoms with E-state index in [1.54, 1.807) is 7.11 Å². The van der Waals surface area contributed by atoms with Gasteiger partial charge in [0.15, 0.2) is 0 Å². The van der Waals surface area contributed by atoms with Gasteiger partial charge in [-0.15, -0.1) is 0 Å². The van der Waals surface area contributed by atoms with Gasteiger partial charge in [0.25, 0.3) is 0 Å². The Morgan fingerprint density at radius 1 is 1.25 bits per heavy atom. The van der Waals surface area contributed by atoms with Crippen LogP contribution in [0.1, 0.15) is 13.3 Å². The smallest absolute Gasteiger partial charge is 0.0488 e. The monoisotopic (exact) mass is 174 g/mol. The van der Waals surface area contributed by atoms with E-state index < -0.39 is 0 Å². The van der Waals surface area contributed by atoms with Crippen LogP contribution < -0.4 is 10.6 Å². The average Bonchev–Trinajstić information content (AvgIpc) is 2.05. The van der Waals surface area contributed by atoms with E-state index in [1.807, 2.05) is 7.05 Å². The highest BCUT2D eigenvalue weighted by molar-refractivity contribution is 4.55. The normalized spacial score (nSPS) is 13.2. The molecule has 1 atom stereocenters. The van der Waals surface area contributed by atoms with Gasteiger partial charge in [0.1, 0.15) is 0 Å². The number of likely N-dealkylation sites (N-methyl/N-ethyl adjacent to an activating group) is 1. The highest BCUT2D eigenvalue weighted by Crippen LogP contribution is 1.99. The summed E-state index contributed by atoms with van der Waals surface area (Å²) in [5.41, 5.74) is 0. The van der Waals surface area contributed by atoms with Crippen LogP contribution in [-0.2, 0) is 4.74 Å². The van der Waals surface area contributed by atoms with Crippen LogP contribution in [0.3, 0.4) is 0 Å². The van der Waals surface area contributed by atoms with Crippen molar-refractivity contribution in [3.05, 3.63) is 0 Å². The Morgan fingerprint density at radius 2 is 2.00 bits per heavy atom. The minimum atomic E-state index is 0.664. The largest absolute Gasteiger partial charge is 0.384 e. The second kappa shape index (κ2) is 8.97. The molecular weight excluding hydrogens is 152 g/mol. The van der Waals surface area contributed by atoms with Crippen LogP contribution in [0.4, 0.5) is 0 Å². The maximum atomic E-state index is 5.04. The van der Waals surface area contributed by atoms with Crippen molar-refractivity contribution in [1.82, 2.24) is 10.6 Å². The topological polar surface area (TPSA) is 33.3 Å². The van der Waals surface area contributed by atoms with Crippen LogP contribution in [0.15, 0.2) is 0 Å². The highest BCUT2D eigenvalue weighted by atomic mass is 16.5. The van der Waals surface area contributed by atoms with Crippen molar-refractivity contribution in [1.29, 1.82) is 0 Å². The molecule has 0 spiro atoms. The Labute approximate surface area is 75.9 Å². The second-order valence-corrected chi connectivity index (χ2v) is 3.20. The summed E-state index contributed by atoms with van der Waals surface area (Å²) in [6.07, 6.45) is 1.19. The molecule has 0 aliphatic heterocycles. The van der Waals surface area contributed by atoms with Crippen molar-refractivity contribution in [3.63, 3.8) is 0 Å². The van der Waals surface area contributed by atoms with E-state index in [0.29, 0.717) is 5.92 Å². The van der Waals surface area contributed by atoms with Crippen molar-refractivity contribution >= 4 is 0 Å². The molecule has 3 heteroatoms. The lowest BCUT2D eigenvalue weighted by atomic mass is 10.1. The van der Waals surface area contributed by atoms with Crippen molar-refractivity contribution in [2.24, 2.45) is 5.92 Å². The molecule has 0 fully saturated rings. The van der Waals surface area contributed by atoms with Crippen LogP contribution in [0.2, 0.25) is 0 Å². The molecule has 3 nitrogen and oxygen atoms in total. The number of hydrogen-bond donors (Lipinski definition) is 2. The predicted octanol–water partition coefficient (Wildman–Crippen LogP) is 0.468. The zero-order chi connectivity index (χ0) is 9.23. The summed E-state index contributed by atoms with van der Waals surface area (Å²) in [5.74, 6) is 0.664. The number of rotatable bonds is 8. The van der Waals surface area contributed by atoms with Crippen molar-refractivity contribution in [2.75, 3.05) is 40.4 Å². The zero-order valence-electron chi connectivity index (χ0n) is 8.52. The fourth-order valence-corrected chi connectivity index (χ4v) is 1.05. The molecule has 0 amide bonds. The summed E-state index contributed by atoms with van der Waals surface area (Å²) >= 11 is 0. The molecule has 2 N–H and O–H groups in total. The number of hydrogen-bond acceptors (Lipinski definition) is 3. The van der Waals surface area contributed by atoms with Gasteiger partial charge in [-0.2, -0.15) is 0 Å². The zero-order valence-corrected chi connectivity index (χ0v) is 8.52. The third-order valence-corrected chi connectivity index (χ3v) is 1.82. The molecule has 12 heavy (non-hydrogen) atoms. The van der Waals surface area contributed by atoms with Gasteiger partial charge in [-0.3, -0.25) is 0 Å². The average molecular weight is 174 g/mol. The highest BCUT2D eigenvalue weighted by Gasteiger charge is 1.99. The van der Waals surface area contributed by atoms with Crippen molar-refractivity contribution in [3.8, 4) is 0 Å². The molecule has 0 aromatic rings. The minimum Gasteiger partial charge on any atom is -0.384 e. The molecule has 0 aromatic carbocycles. The molecule has 1 unspecified atom stereocenters. The maximum Gasteiger partial charge on any atom is 0.0488 e. The lowest BCUT2D eigenvalue weighted by molar-refractivity contribution is 0.155. The van der Waals surface area contributed by atoms with Crippen LogP contribution in [0, 0.1) is 5.92 Å². The Balaban J connectivity index is 2.97. The van der Waals surface area contributed by atoms with Gasteiger partial charge < -0.3 is 15.4 Å². The summed E-state index contributed by atoms with van der Waals surface area (Å²) in [7, 11) is 3.72. The van der Waals surface area contributed by atoms with Gasteiger partial charge >= 0.3 is 0 Å². The van der Waals surface area contributed by atoms with Crippen LogP contribution >= 0.6 is 0 Å². The Bertz CT molecular complexity index is 88.6. The van der Waals surface area contributed by atoms with Gasteiger partial charge in [-0.25, -0.2) is 0 Å². The lowest BCUT2D eigenvalue weighted by Gasteiger charge is -2.10. The fourth-order valence-electron chi connectivity index (χ4n) is 1.05. The number of methoxy groups -OCH3 is 1. The van der Waals surface area contributed by atoms with E-state index in [9.17, 15) is 0 Å². The molecule has 0 aromatic heterocycles. The standard InChI is InChI=1S/C9H22N2O/c1-9(8-12-3)4-5-11-7-6-10-2/h9-11H,4-8H2,1-3H3. The Morgan fingerprint density at radius 3 is 2.58 bits per heavy atom. The molecule has 0 saturated carbocycles. The fraction of sp³-hybridized carbons (Fsp3) is 1.00. The van der Waals surface area contributed by atoms with Gasteiger partial charge in [0, 0.05) is 26.8 Å². The third-order valence-electron chi connectivity index (χ3n) is 1.82. The van der Waals surface area contributed by atoms with Crippen LogP contribution in [0.5, 0.6) is 0 Å². The van der Waals surface area contributed by atoms with E-state index >= 15 is 0 Å². The SMILES string of the molecule is CNCCNCCC(C)COC. The molecule has 0 bridgehead atoms. The third kappa shape index (κ3) is 7.98. The molecule has 0 saturated heterocycles. The number of ether oxygens (including phenoxy) is 1. The Kier molecular flexibility index (Phi) is 8.88. The van der Waals surface area contributed by atoms with Gasteiger partial charge in [-0.1, -0.05) is 6.92 Å². The first-order valence-electron chi connectivity index (χ1n) is 4.65. The molecule has 0 radical (unpaired) electrons. The van der Waals surface area contributed by atoms with Gasteiger partial charge in [0.2, 0.25) is 0 Å². The predicted molar refractivity (Wildman–Crippen MR) is 52.5 cm³/mol. The second-order valence-electron chi connectivity index (χ2n) is 3.20. The molecular formula is C9H22N2O. The number of nitrogens with one attached hydrogen (secondary N) is 2. The molecule has 0 aliphatic rings.